The van der Waals surface area contributed by atoms with Crippen LogP contribution in [0.15, 0.2) is 36.9 Å². The summed E-state index contributed by atoms with van der Waals surface area (Å²) in [4.78, 5) is 7.30. The first-order valence-electron chi connectivity index (χ1n) is 7.51. The lowest BCUT2D eigenvalue weighted by atomic mass is 9.94. The zero-order valence-corrected chi connectivity index (χ0v) is 12.3. The maximum Gasteiger partial charge on any atom is 0.123 e. The van der Waals surface area contributed by atoms with Crippen LogP contribution < -0.4 is 0 Å². The number of benzene rings is 1. The molecule has 1 aliphatic heterocycles. The number of fused-ring (bicyclic) bond motifs is 1. The van der Waals surface area contributed by atoms with Crippen molar-refractivity contribution in [2.45, 2.75) is 25.8 Å². The van der Waals surface area contributed by atoms with E-state index in [-0.39, 0.29) is 0 Å². The van der Waals surface area contributed by atoms with Crippen LogP contribution in [0.3, 0.4) is 0 Å². The molecule has 0 amide bonds. The lowest BCUT2D eigenvalue weighted by Gasteiger charge is -2.31. The molecule has 106 valence electrons. The van der Waals surface area contributed by atoms with Gasteiger partial charge in [-0.25, -0.2) is 4.98 Å². The maximum absolute atomic E-state index is 4.77. The van der Waals surface area contributed by atoms with E-state index in [1.165, 1.54) is 43.7 Å². The van der Waals surface area contributed by atoms with Crippen LogP contribution in [0.25, 0.3) is 11.0 Å². The first kappa shape index (κ1) is 13.4. The van der Waals surface area contributed by atoms with Crippen LogP contribution in [-0.2, 0) is 13.6 Å². The summed E-state index contributed by atoms with van der Waals surface area (Å²) in [7, 11) is 2.12. The highest BCUT2D eigenvalue weighted by molar-refractivity contribution is 5.75. The molecule has 1 saturated heterocycles. The van der Waals surface area contributed by atoms with Gasteiger partial charge in [0.05, 0.1) is 17.6 Å². The second-order valence-corrected chi connectivity index (χ2v) is 5.82. The van der Waals surface area contributed by atoms with Crippen molar-refractivity contribution in [3.8, 4) is 0 Å². The van der Waals surface area contributed by atoms with E-state index in [2.05, 4.69) is 53.4 Å². The molecule has 3 heteroatoms. The minimum absolute atomic E-state index is 0.837. The van der Waals surface area contributed by atoms with E-state index in [0.29, 0.717) is 0 Å². The molecular formula is C17H23N3. The van der Waals surface area contributed by atoms with Crippen molar-refractivity contribution >= 4 is 11.0 Å². The molecule has 0 atom stereocenters. The van der Waals surface area contributed by atoms with E-state index >= 15 is 0 Å². The van der Waals surface area contributed by atoms with Gasteiger partial charge in [0.2, 0.25) is 0 Å². The first-order valence-corrected chi connectivity index (χ1v) is 7.51. The van der Waals surface area contributed by atoms with E-state index in [4.69, 9.17) is 4.98 Å². The Bertz CT molecular complexity index is 591. The van der Waals surface area contributed by atoms with Crippen molar-refractivity contribution in [2.75, 3.05) is 13.1 Å². The van der Waals surface area contributed by atoms with Crippen molar-refractivity contribution in [3.05, 3.63) is 42.7 Å². The number of likely N-dealkylation sites (tertiary alicyclic amines) is 1. The summed E-state index contributed by atoms with van der Waals surface area (Å²) in [6, 6.07) is 8.37. The number of aryl methyl sites for hydroxylation is 1. The molecule has 0 unspecified atom stereocenters. The molecule has 1 aliphatic rings. The summed E-state index contributed by atoms with van der Waals surface area (Å²) >= 11 is 0. The number of hydrogen-bond acceptors (Lipinski definition) is 2. The molecular weight excluding hydrogens is 246 g/mol. The molecule has 1 fully saturated rings. The van der Waals surface area contributed by atoms with Crippen LogP contribution in [0.1, 0.15) is 25.1 Å². The van der Waals surface area contributed by atoms with E-state index in [1.807, 2.05) is 0 Å². The quantitative estimate of drug-likeness (QED) is 0.794. The number of piperidine rings is 1. The predicted molar refractivity (Wildman–Crippen MR) is 83.5 cm³/mol. The average Bonchev–Trinajstić information content (AvgIpc) is 2.79. The van der Waals surface area contributed by atoms with Crippen molar-refractivity contribution in [2.24, 2.45) is 13.0 Å². The normalized spacial score (nSPS) is 17.6. The number of imidazole rings is 1. The molecule has 20 heavy (non-hydrogen) atoms. The van der Waals surface area contributed by atoms with Gasteiger partial charge < -0.3 is 4.57 Å². The van der Waals surface area contributed by atoms with Gasteiger partial charge in [0.25, 0.3) is 0 Å². The second kappa shape index (κ2) is 5.80. The van der Waals surface area contributed by atoms with Gasteiger partial charge >= 0.3 is 0 Å². The van der Waals surface area contributed by atoms with E-state index in [9.17, 15) is 0 Å². The number of hydrogen-bond donors (Lipinski definition) is 0. The first-order chi connectivity index (χ1) is 9.78. The summed E-state index contributed by atoms with van der Waals surface area (Å²) in [6.07, 6.45) is 5.80. The third-order valence-corrected chi connectivity index (χ3v) is 4.45. The van der Waals surface area contributed by atoms with Gasteiger partial charge in [0, 0.05) is 7.05 Å². The maximum atomic E-state index is 4.77. The molecule has 0 aliphatic carbocycles. The Balaban J connectivity index is 1.68. The zero-order valence-electron chi connectivity index (χ0n) is 12.3. The minimum atomic E-state index is 0.837. The summed E-state index contributed by atoms with van der Waals surface area (Å²) in [5, 5.41) is 0. The van der Waals surface area contributed by atoms with Crippen LogP contribution in [-0.4, -0.2) is 27.5 Å². The number of para-hydroxylation sites is 2. The third-order valence-electron chi connectivity index (χ3n) is 4.45. The molecule has 0 spiro atoms. The lowest BCUT2D eigenvalue weighted by Crippen LogP contribution is -2.33. The highest BCUT2D eigenvalue weighted by Gasteiger charge is 2.19. The SMILES string of the molecule is C=CCC1CCN(Cc2nc3ccccc3n2C)CC1. The topological polar surface area (TPSA) is 21.1 Å². The zero-order chi connectivity index (χ0) is 13.9. The van der Waals surface area contributed by atoms with Crippen LogP contribution in [0.2, 0.25) is 0 Å². The Labute approximate surface area is 120 Å². The van der Waals surface area contributed by atoms with Crippen molar-refractivity contribution < 1.29 is 0 Å². The molecule has 2 aromatic rings. The smallest absolute Gasteiger partial charge is 0.123 e. The highest BCUT2D eigenvalue weighted by Crippen LogP contribution is 2.22. The molecule has 0 N–H and O–H groups in total. The average molecular weight is 269 g/mol. The fraction of sp³-hybridized carbons (Fsp3) is 0.471. The predicted octanol–water partition coefficient (Wildman–Crippen LogP) is 3.36. The van der Waals surface area contributed by atoms with Gasteiger partial charge in [-0.1, -0.05) is 18.2 Å². The van der Waals surface area contributed by atoms with Crippen molar-refractivity contribution in [3.63, 3.8) is 0 Å². The number of aromatic nitrogens is 2. The lowest BCUT2D eigenvalue weighted by molar-refractivity contribution is 0.173. The Morgan fingerprint density at radius 1 is 1.30 bits per heavy atom. The van der Waals surface area contributed by atoms with Gasteiger partial charge in [0.15, 0.2) is 0 Å². The largest absolute Gasteiger partial charge is 0.330 e. The summed E-state index contributed by atoms with van der Waals surface area (Å²) in [6.45, 7) is 7.18. The minimum Gasteiger partial charge on any atom is -0.330 e. The molecule has 1 aromatic heterocycles. The van der Waals surface area contributed by atoms with Crippen molar-refractivity contribution in [1.29, 1.82) is 0 Å². The molecule has 1 aromatic carbocycles. The Kier molecular flexibility index (Phi) is 3.88. The summed E-state index contributed by atoms with van der Waals surface area (Å²) in [5.74, 6) is 2.01. The van der Waals surface area contributed by atoms with Crippen LogP contribution >= 0.6 is 0 Å². The van der Waals surface area contributed by atoms with Gasteiger partial charge in [-0.15, -0.1) is 6.58 Å². The molecule has 3 nitrogen and oxygen atoms in total. The molecule has 0 radical (unpaired) electrons. The molecule has 0 bridgehead atoms. The van der Waals surface area contributed by atoms with Gasteiger partial charge in [-0.3, -0.25) is 4.90 Å². The standard InChI is InChI=1S/C17H23N3/c1-3-6-14-9-11-20(12-10-14)13-17-18-15-7-4-5-8-16(15)19(17)2/h3-5,7-8,14H,1,6,9-13H2,2H3. The van der Waals surface area contributed by atoms with E-state index in [1.54, 1.807) is 0 Å². The molecule has 0 saturated carbocycles. The molecule has 3 rings (SSSR count). The fourth-order valence-electron chi connectivity index (χ4n) is 3.15. The second-order valence-electron chi connectivity index (χ2n) is 5.82. The monoisotopic (exact) mass is 269 g/mol. The Morgan fingerprint density at radius 3 is 2.75 bits per heavy atom. The van der Waals surface area contributed by atoms with Crippen molar-refractivity contribution in [1.82, 2.24) is 14.5 Å². The van der Waals surface area contributed by atoms with E-state index < -0.39 is 0 Å². The van der Waals surface area contributed by atoms with E-state index in [0.717, 1.165) is 18.0 Å². The van der Waals surface area contributed by atoms with Crippen LogP contribution in [0, 0.1) is 5.92 Å². The summed E-state index contributed by atoms with van der Waals surface area (Å²) in [5.41, 5.74) is 2.33. The number of rotatable bonds is 4. The van der Waals surface area contributed by atoms with Crippen LogP contribution in [0.4, 0.5) is 0 Å². The Morgan fingerprint density at radius 2 is 2.05 bits per heavy atom. The molecule has 2 heterocycles. The van der Waals surface area contributed by atoms with Crippen LogP contribution in [0.5, 0.6) is 0 Å². The fourth-order valence-corrected chi connectivity index (χ4v) is 3.15. The number of allylic oxidation sites excluding steroid dienone is 1. The number of nitrogens with zero attached hydrogens (tertiary/aromatic N) is 3. The highest BCUT2D eigenvalue weighted by atomic mass is 15.2. The Hall–Kier alpha value is -1.61. The van der Waals surface area contributed by atoms with Gasteiger partial charge in [-0.05, 0) is 50.4 Å². The van der Waals surface area contributed by atoms with Gasteiger partial charge in [0.1, 0.15) is 5.82 Å². The third kappa shape index (κ3) is 2.63. The van der Waals surface area contributed by atoms with Gasteiger partial charge in [-0.2, -0.15) is 0 Å². The summed E-state index contributed by atoms with van der Waals surface area (Å²) < 4.78 is 2.23.